The fourth-order valence-electron chi connectivity index (χ4n) is 2.19. The van der Waals surface area contributed by atoms with Gasteiger partial charge in [-0.2, -0.15) is 11.8 Å². The van der Waals surface area contributed by atoms with Crippen molar-refractivity contribution in [3.05, 3.63) is 22.7 Å². The van der Waals surface area contributed by atoms with Crippen LogP contribution in [0.5, 0.6) is 0 Å². The average molecular weight is 239 g/mol. The predicted molar refractivity (Wildman–Crippen MR) is 68.1 cm³/mol. The number of hydrogen-bond acceptors (Lipinski definition) is 4. The summed E-state index contributed by atoms with van der Waals surface area (Å²) in [5.41, 5.74) is -0.142. The van der Waals surface area contributed by atoms with Crippen molar-refractivity contribution in [1.29, 1.82) is 0 Å². The van der Waals surface area contributed by atoms with E-state index in [0.717, 1.165) is 6.54 Å². The molecule has 1 aromatic heterocycles. The number of thioether (sulfide) groups is 1. The zero-order valence-corrected chi connectivity index (χ0v) is 10.3. The van der Waals surface area contributed by atoms with E-state index in [-0.39, 0.29) is 5.56 Å². The van der Waals surface area contributed by atoms with E-state index in [2.05, 4.69) is 21.5 Å². The maximum absolute atomic E-state index is 11.4. The minimum Gasteiger partial charge on any atom is -0.364 e. The molecular weight excluding hydrogens is 222 g/mol. The Morgan fingerprint density at radius 1 is 1.56 bits per heavy atom. The molecule has 0 aromatic carbocycles. The number of rotatable bonds is 4. The van der Waals surface area contributed by atoms with Gasteiger partial charge in [0, 0.05) is 23.7 Å². The second-order valence-corrected chi connectivity index (χ2v) is 5.49. The molecule has 0 atom stereocenters. The zero-order chi connectivity index (χ0) is 11.4. The van der Waals surface area contributed by atoms with E-state index in [1.807, 2.05) is 11.8 Å². The first-order valence-corrected chi connectivity index (χ1v) is 6.81. The number of aromatic nitrogens is 2. The second-order valence-electron chi connectivity index (χ2n) is 4.21. The Hall–Kier alpha value is -0.970. The number of H-pyrrole nitrogens is 1. The topological polar surface area (TPSA) is 57.8 Å². The van der Waals surface area contributed by atoms with Gasteiger partial charge in [-0.1, -0.05) is 12.8 Å². The van der Waals surface area contributed by atoms with Gasteiger partial charge in [-0.05, 0) is 19.1 Å². The van der Waals surface area contributed by atoms with Crippen LogP contribution in [0.1, 0.15) is 25.7 Å². The van der Waals surface area contributed by atoms with E-state index in [4.69, 9.17) is 0 Å². The molecule has 5 heteroatoms. The molecule has 2 rings (SSSR count). The smallest absolute Gasteiger partial charge is 0.290 e. The minimum absolute atomic E-state index is 0.142. The van der Waals surface area contributed by atoms with Crippen LogP contribution in [0.2, 0.25) is 0 Å². The van der Waals surface area contributed by atoms with Crippen LogP contribution in [0.25, 0.3) is 0 Å². The van der Waals surface area contributed by atoms with Crippen molar-refractivity contribution < 1.29 is 0 Å². The third kappa shape index (κ3) is 2.40. The molecule has 0 bridgehead atoms. The van der Waals surface area contributed by atoms with Crippen molar-refractivity contribution in [1.82, 2.24) is 9.97 Å². The number of aromatic amines is 1. The lowest BCUT2D eigenvalue weighted by Gasteiger charge is -2.26. The maximum atomic E-state index is 11.4. The van der Waals surface area contributed by atoms with E-state index in [9.17, 15) is 4.79 Å². The molecule has 0 saturated heterocycles. The van der Waals surface area contributed by atoms with Gasteiger partial charge < -0.3 is 10.3 Å². The van der Waals surface area contributed by atoms with Crippen LogP contribution in [0.3, 0.4) is 0 Å². The van der Waals surface area contributed by atoms with Gasteiger partial charge in [0.1, 0.15) is 0 Å². The SMILES string of the molecule is CSC1(CNc2ncc[nH]c2=O)CCCC1. The summed E-state index contributed by atoms with van der Waals surface area (Å²) in [7, 11) is 0. The third-order valence-corrected chi connectivity index (χ3v) is 4.65. The lowest BCUT2D eigenvalue weighted by molar-refractivity contribution is 0.638. The summed E-state index contributed by atoms with van der Waals surface area (Å²) in [4.78, 5) is 18.1. The molecule has 0 unspecified atom stereocenters. The number of hydrogen-bond donors (Lipinski definition) is 2. The Labute approximate surface area is 99.3 Å². The monoisotopic (exact) mass is 239 g/mol. The van der Waals surface area contributed by atoms with E-state index >= 15 is 0 Å². The van der Waals surface area contributed by atoms with Crippen molar-refractivity contribution in [2.24, 2.45) is 0 Å². The standard InChI is InChI=1S/C11H17N3OS/c1-16-11(4-2-3-5-11)8-14-9-10(15)13-7-6-12-9/h6-7H,2-5,8H2,1H3,(H,12,14)(H,13,15). The molecular formula is C11H17N3OS. The van der Waals surface area contributed by atoms with Crippen molar-refractivity contribution in [2.45, 2.75) is 30.4 Å². The Kier molecular flexibility index (Phi) is 3.53. The first kappa shape index (κ1) is 11.5. The fraction of sp³-hybridized carbons (Fsp3) is 0.636. The Morgan fingerprint density at radius 3 is 2.94 bits per heavy atom. The van der Waals surface area contributed by atoms with Gasteiger partial charge in [0.15, 0.2) is 5.82 Å². The van der Waals surface area contributed by atoms with Gasteiger partial charge >= 0.3 is 0 Å². The summed E-state index contributed by atoms with van der Waals surface area (Å²) in [5.74, 6) is 0.433. The van der Waals surface area contributed by atoms with Crippen molar-refractivity contribution in [3.63, 3.8) is 0 Å². The first-order chi connectivity index (χ1) is 7.76. The minimum atomic E-state index is -0.142. The summed E-state index contributed by atoms with van der Waals surface area (Å²) in [6.07, 6.45) is 10.3. The Morgan fingerprint density at radius 2 is 2.31 bits per heavy atom. The van der Waals surface area contributed by atoms with Crippen LogP contribution in [0.15, 0.2) is 17.2 Å². The molecule has 1 aliphatic rings. The summed E-state index contributed by atoms with van der Waals surface area (Å²) >= 11 is 1.90. The Balaban J connectivity index is 2.01. The third-order valence-electron chi connectivity index (χ3n) is 3.23. The van der Waals surface area contributed by atoms with Gasteiger partial charge in [0.2, 0.25) is 0 Å². The van der Waals surface area contributed by atoms with Gasteiger partial charge in [0.05, 0.1) is 0 Å². The molecule has 16 heavy (non-hydrogen) atoms. The highest BCUT2D eigenvalue weighted by molar-refractivity contribution is 8.00. The molecule has 0 aliphatic heterocycles. The number of nitrogens with zero attached hydrogens (tertiary/aromatic N) is 1. The van der Waals surface area contributed by atoms with Crippen LogP contribution in [0.4, 0.5) is 5.82 Å². The highest BCUT2D eigenvalue weighted by Gasteiger charge is 2.32. The van der Waals surface area contributed by atoms with E-state index in [0.29, 0.717) is 10.6 Å². The molecule has 0 spiro atoms. The summed E-state index contributed by atoms with van der Waals surface area (Å²) in [5, 5.41) is 3.17. The van der Waals surface area contributed by atoms with Gasteiger partial charge in [-0.25, -0.2) is 4.98 Å². The van der Waals surface area contributed by atoms with Crippen LogP contribution in [0, 0.1) is 0 Å². The largest absolute Gasteiger partial charge is 0.364 e. The van der Waals surface area contributed by atoms with E-state index in [1.54, 1.807) is 12.4 Å². The maximum Gasteiger partial charge on any atom is 0.290 e. The van der Waals surface area contributed by atoms with Crippen LogP contribution < -0.4 is 10.9 Å². The molecule has 88 valence electrons. The second kappa shape index (κ2) is 4.91. The molecule has 4 nitrogen and oxygen atoms in total. The highest BCUT2D eigenvalue weighted by Crippen LogP contribution is 2.39. The van der Waals surface area contributed by atoms with E-state index in [1.165, 1.54) is 25.7 Å². The lowest BCUT2D eigenvalue weighted by atomic mass is 10.1. The van der Waals surface area contributed by atoms with Crippen LogP contribution >= 0.6 is 11.8 Å². The predicted octanol–water partition coefficient (Wildman–Crippen LogP) is 1.86. The molecule has 1 saturated carbocycles. The zero-order valence-electron chi connectivity index (χ0n) is 9.45. The van der Waals surface area contributed by atoms with Gasteiger partial charge in [0.25, 0.3) is 5.56 Å². The van der Waals surface area contributed by atoms with Crippen LogP contribution in [-0.4, -0.2) is 27.5 Å². The Bertz CT molecular complexity index is 398. The number of anilines is 1. The van der Waals surface area contributed by atoms with Crippen molar-refractivity contribution >= 4 is 17.6 Å². The lowest BCUT2D eigenvalue weighted by Crippen LogP contribution is -2.32. The van der Waals surface area contributed by atoms with Crippen LogP contribution in [-0.2, 0) is 0 Å². The summed E-state index contributed by atoms with van der Waals surface area (Å²) in [6, 6.07) is 0. The average Bonchev–Trinajstić information content (AvgIpc) is 2.78. The molecule has 1 fully saturated rings. The van der Waals surface area contributed by atoms with Gasteiger partial charge in [-0.15, -0.1) is 0 Å². The van der Waals surface area contributed by atoms with Crippen molar-refractivity contribution in [2.75, 3.05) is 18.1 Å². The molecule has 0 amide bonds. The molecule has 2 N–H and O–H groups in total. The van der Waals surface area contributed by atoms with Crippen molar-refractivity contribution in [3.8, 4) is 0 Å². The summed E-state index contributed by atoms with van der Waals surface area (Å²) < 4.78 is 0.296. The fourth-order valence-corrected chi connectivity index (χ4v) is 3.11. The van der Waals surface area contributed by atoms with Gasteiger partial charge in [-0.3, -0.25) is 4.79 Å². The summed E-state index contributed by atoms with van der Waals surface area (Å²) in [6.45, 7) is 0.828. The first-order valence-electron chi connectivity index (χ1n) is 5.58. The number of nitrogens with one attached hydrogen (secondary N) is 2. The van der Waals surface area contributed by atoms with E-state index < -0.39 is 0 Å². The molecule has 1 aliphatic carbocycles. The molecule has 1 aromatic rings. The normalized spacial score (nSPS) is 18.6. The molecule has 1 heterocycles. The molecule has 0 radical (unpaired) electrons. The highest BCUT2D eigenvalue weighted by atomic mass is 32.2. The quantitative estimate of drug-likeness (QED) is 0.842.